The molecule has 0 saturated carbocycles. The summed E-state index contributed by atoms with van der Waals surface area (Å²) in [5.41, 5.74) is 6.64. The summed E-state index contributed by atoms with van der Waals surface area (Å²) in [6, 6.07) is 3.86. The Labute approximate surface area is 111 Å². The van der Waals surface area contributed by atoms with Crippen molar-refractivity contribution in [2.75, 3.05) is 13.2 Å². The topological polar surface area (TPSA) is 44.5 Å². The van der Waals surface area contributed by atoms with E-state index in [9.17, 15) is 0 Å². The second-order valence-corrected chi connectivity index (χ2v) is 4.32. The van der Waals surface area contributed by atoms with E-state index < -0.39 is 0 Å². The van der Waals surface area contributed by atoms with Crippen LogP contribution in [0.2, 0.25) is 0 Å². The molecule has 0 heterocycles. The second kappa shape index (κ2) is 7.35. The lowest BCUT2D eigenvalue weighted by molar-refractivity contribution is 0.279. The molecule has 0 amide bonds. The Bertz CT molecular complexity index is 380. The van der Waals surface area contributed by atoms with Gasteiger partial charge in [-0.1, -0.05) is 6.08 Å². The van der Waals surface area contributed by atoms with Gasteiger partial charge >= 0.3 is 0 Å². The van der Waals surface area contributed by atoms with Gasteiger partial charge in [0.2, 0.25) is 0 Å². The number of rotatable bonds is 7. The van der Waals surface area contributed by atoms with Crippen LogP contribution in [0.15, 0.2) is 29.3 Å². The first kappa shape index (κ1) is 14.1. The summed E-state index contributed by atoms with van der Waals surface area (Å²) in [6.45, 7) is 7.26. The lowest BCUT2D eigenvalue weighted by Crippen LogP contribution is -2.03. The molecule has 0 spiro atoms. The standard InChI is InChI=1S/C13H18BrNO2/c1-3-5-6-17-13-11(14)7-10(9-15)8-12(13)16-4-2/h3,7-8H,1,4-6,9,15H2,2H3. The molecule has 3 nitrogen and oxygen atoms in total. The van der Waals surface area contributed by atoms with Crippen LogP contribution < -0.4 is 15.2 Å². The van der Waals surface area contributed by atoms with Crippen LogP contribution in [-0.4, -0.2) is 13.2 Å². The van der Waals surface area contributed by atoms with Crippen molar-refractivity contribution in [1.82, 2.24) is 0 Å². The molecule has 0 aliphatic heterocycles. The van der Waals surface area contributed by atoms with Crippen molar-refractivity contribution >= 4 is 15.9 Å². The Balaban J connectivity index is 2.94. The fraction of sp³-hybridized carbons (Fsp3) is 0.385. The molecule has 1 rings (SSSR count). The third-order valence-electron chi connectivity index (χ3n) is 2.17. The molecule has 0 aliphatic carbocycles. The van der Waals surface area contributed by atoms with E-state index in [1.165, 1.54) is 0 Å². The predicted octanol–water partition coefficient (Wildman–Crippen LogP) is 3.26. The minimum Gasteiger partial charge on any atom is -0.490 e. The van der Waals surface area contributed by atoms with E-state index in [0.29, 0.717) is 19.8 Å². The van der Waals surface area contributed by atoms with Gasteiger partial charge in [0, 0.05) is 6.54 Å². The zero-order valence-corrected chi connectivity index (χ0v) is 11.6. The highest BCUT2D eigenvalue weighted by atomic mass is 79.9. The molecule has 0 fully saturated rings. The van der Waals surface area contributed by atoms with E-state index in [1.54, 1.807) is 0 Å². The summed E-state index contributed by atoms with van der Waals surface area (Å²) in [4.78, 5) is 0. The quantitative estimate of drug-likeness (QED) is 0.621. The highest BCUT2D eigenvalue weighted by Gasteiger charge is 2.11. The van der Waals surface area contributed by atoms with Gasteiger partial charge in [0.1, 0.15) is 0 Å². The summed E-state index contributed by atoms with van der Waals surface area (Å²) >= 11 is 3.47. The van der Waals surface area contributed by atoms with Crippen LogP contribution in [0.3, 0.4) is 0 Å². The number of nitrogens with two attached hydrogens (primary N) is 1. The number of ether oxygens (including phenoxy) is 2. The first-order valence-corrected chi connectivity index (χ1v) is 6.41. The van der Waals surface area contributed by atoms with Crippen LogP contribution in [0.4, 0.5) is 0 Å². The molecule has 1 aromatic carbocycles. The van der Waals surface area contributed by atoms with Gasteiger partial charge in [-0.05, 0) is 47.0 Å². The van der Waals surface area contributed by atoms with Gasteiger partial charge < -0.3 is 15.2 Å². The van der Waals surface area contributed by atoms with Gasteiger partial charge in [0.05, 0.1) is 17.7 Å². The lowest BCUT2D eigenvalue weighted by Gasteiger charge is -2.14. The predicted molar refractivity (Wildman–Crippen MR) is 73.5 cm³/mol. The molecule has 0 saturated heterocycles. The second-order valence-electron chi connectivity index (χ2n) is 3.47. The van der Waals surface area contributed by atoms with Crippen molar-refractivity contribution in [3.63, 3.8) is 0 Å². The Kier molecular flexibility index (Phi) is 6.08. The maximum atomic E-state index is 5.68. The number of halogens is 1. The summed E-state index contributed by atoms with van der Waals surface area (Å²) in [5.74, 6) is 1.46. The van der Waals surface area contributed by atoms with Crippen molar-refractivity contribution < 1.29 is 9.47 Å². The Morgan fingerprint density at radius 3 is 2.76 bits per heavy atom. The first-order chi connectivity index (χ1) is 8.22. The number of benzene rings is 1. The minimum absolute atomic E-state index is 0.478. The van der Waals surface area contributed by atoms with Crippen molar-refractivity contribution in [2.45, 2.75) is 19.9 Å². The summed E-state index contributed by atoms with van der Waals surface area (Å²) < 4.78 is 12.1. The highest BCUT2D eigenvalue weighted by Crippen LogP contribution is 2.36. The number of hydrogen-bond donors (Lipinski definition) is 1. The zero-order chi connectivity index (χ0) is 12.7. The van der Waals surface area contributed by atoms with E-state index in [0.717, 1.165) is 28.0 Å². The van der Waals surface area contributed by atoms with Crippen LogP contribution >= 0.6 is 15.9 Å². The van der Waals surface area contributed by atoms with Crippen LogP contribution in [0.5, 0.6) is 11.5 Å². The molecule has 0 aromatic heterocycles. The maximum Gasteiger partial charge on any atom is 0.175 e. The van der Waals surface area contributed by atoms with E-state index in [1.807, 2.05) is 25.1 Å². The fourth-order valence-corrected chi connectivity index (χ4v) is 1.99. The zero-order valence-electron chi connectivity index (χ0n) is 10.0. The summed E-state index contributed by atoms with van der Waals surface area (Å²) in [6.07, 6.45) is 2.62. The third kappa shape index (κ3) is 4.06. The van der Waals surface area contributed by atoms with Crippen molar-refractivity contribution in [2.24, 2.45) is 5.73 Å². The highest BCUT2D eigenvalue weighted by molar-refractivity contribution is 9.10. The van der Waals surface area contributed by atoms with Gasteiger partial charge in [-0.15, -0.1) is 6.58 Å². The average molecular weight is 300 g/mol. The van der Waals surface area contributed by atoms with Crippen LogP contribution in [0.1, 0.15) is 18.9 Å². The molecular weight excluding hydrogens is 282 g/mol. The molecule has 0 unspecified atom stereocenters. The van der Waals surface area contributed by atoms with Gasteiger partial charge in [-0.25, -0.2) is 0 Å². The molecular formula is C13H18BrNO2. The van der Waals surface area contributed by atoms with E-state index >= 15 is 0 Å². The molecule has 0 aliphatic rings. The van der Waals surface area contributed by atoms with Gasteiger partial charge in [0.15, 0.2) is 11.5 Å². The van der Waals surface area contributed by atoms with Gasteiger partial charge in [-0.3, -0.25) is 0 Å². The Hall–Kier alpha value is -1.00. The minimum atomic E-state index is 0.478. The van der Waals surface area contributed by atoms with Crippen LogP contribution in [0, 0.1) is 0 Å². The van der Waals surface area contributed by atoms with Gasteiger partial charge in [-0.2, -0.15) is 0 Å². The SMILES string of the molecule is C=CCCOc1c(Br)cc(CN)cc1OCC. The summed E-state index contributed by atoms with van der Waals surface area (Å²) in [5, 5.41) is 0. The molecule has 17 heavy (non-hydrogen) atoms. The van der Waals surface area contributed by atoms with Crippen molar-refractivity contribution in [3.05, 3.63) is 34.8 Å². The fourth-order valence-electron chi connectivity index (χ4n) is 1.39. The third-order valence-corrected chi connectivity index (χ3v) is 2.76. The van der Waals surface area contributed by atoms with Crippen LogP contribution in [-0.2, 0) is 6.54 Å². The molecule has 0 radical (unpaired) electrons. The van der Waals surface area contributed by atoms with Gasteiger partial charge in [0.25, 0.3) is 0 Å². The van der Waals surface area contributed by atoms with Crippen molar-refractivity contribution in [3.8, 4) is 11.5 Å². The molecule has 1 aromatic rings. The van der Waals surface area contributed by atoms with E-state index in [4.69, 9.17) is 15.2 Å². The first-order valence-electron chi connectivity index (χ1n) is 5.61. The summed E-state index contributed by atoms with van der Waals surface area (Å²) in [7, 11) is 0. The lowest BCUT2D eigenvalue weighted by atomic mass is 10.2. The molecule has 0 atom stereocenters. The Morgan fingerprint density at radius 1 is 1.41 bits per heavy atom. The van der Waals surface area contributed by atoms with Crippen LogP contribution in [0.25, 0.3) is 0 Å². The smallest absolute Gasteiger partial charge is 0.175 e. The molecule has 2 N–H and O–H groups in total. The van der Waals surface area contributed by atoms with Crippen molar-refractivity contribution in [1.29, 1.82) is 0 Å². The molecule has 4 heteroatoms. The largest absolute Gasteiger partial charge is 0.490 e. The Morgan fingerprint density at radius 2 is 2.18 bits per heavy atom. The van der Waals surface area contributed by atoms with E-state index in [2.05, 4.69) is 22.5 Å². The number of hydrogen-bond acceptors (Lipinski definition) is 3. The average Bonchev–Trinajstić information content (AvgIpc) is 2.32. The molecule has 94 valence electrons. The monoisotopic (exact) mass is 299 g/mol. The normalized spacial score (nSPS) is 10.1. The maximum absolute atomic E-state index is 5.68. The molecule has 0 bridgehead atoms. The van der Waals surface area contributed by atoms with E-state index in [-0.39, 0.29) is 0 Å².